The summed E-state index contributed by atoms with van der Waals surface area (Å²) in [5, 5.41) is 2.93. The molecule has 1 fully saturated rings. The molecular formula is C7H13NO2. The highest BCUT2D eigenvalue weighted by Crippen LogP contribution is 2.21. The normalized spacial score (nSPS) is 31.1. The quantitative estimate of drug-likeness (QED) is 0.559. The Hall–Kier alpha value is -0.410. The van der Waals surface area contributed by atoms with E-state index in [2.05, 4.69) is 5.32 Å². The maximum Gasteiger partial charge on any atom is 0.178 e. The molecule has 0 saturated carbocycles. The van der Waals surface area contributed by atoms with Crippen LogP contribution in [0.2, 0.25) is 0 Å². The van der Waals surface area contributed by atoms with E-state index >= 15 is 0 Å². The topological polar surface area (TPSA) is 38.3 Å². The van der Waals surface area contributed by atoms with E-state index in [0.29, 0.717) is 0 Å². The Morgan fingerprint density at radius 3 is 2.50 bits per heavy atom. The molecule has 1 saturated heterocycles. The number of carbonyl (C=O) groups excluding carboxylic acids is 1. The molecule has 58 valence electrons. The zero-order chi connectivity index (χ0) is 7.78. The zero-order valence-electron chi connectivity index (χ0n) is 6.60. The molecule has 10 heavy (non-hydrogen) atoms. The zero-order valence-corrected chi connectivity index (χ0v) is 6.60. The van der Waals surface area contributed by atoms with Gasteiger partial charge < -0.3 is 10.1 Å². The second-order valence-corrected chi connectivity index (χ2v) is 3.08. The van der Waals surface area contributed by atoms with E-state index in [4.69, 9.17) is 4.74 Å². The molecule has 0 spiro atoms. The van der Waals surface area contributed by atoms with E-state index in [1.807, 2.05) is 13.8 Å². The van der Waals surface area contributed by atoms with Crippen LogP contribution >= 0.6 is 0 Å². The van der Waals surface area contributed by atoms with Crippen molar-refractivity contribution in [2.45, 2.75) is 25.5 Å². The Morgan fingerprint density at radius 1 is 1.70 bits per heavy atom. The second kappa shape index (κ2) is 2.32. The highest BCUT2D eigenvalue weighted by atomic mass is 16.5. The van der Waals surface area contributed by atoms with Crippen molar-refractivity contribution >= 4 is 5.78 Å². The fraction of sp³-hybridized carbons (Fsp3) is 0.857. The lowest BCUT2D eigenvalue weighted by molar-refractivity contribution is -0.119. The third-order valence-corrected chi connectivity index (χ3v) is 1.89. The number of ether oxygens (including phenoxy) is 1. The van der Waals surface area contributed by atoms with Gasteiger partial charge >= 0.3 is 0 Å². The first-order valence-electron chi connectivity index (χ1n) is 3.42. The Morgan fingerprint density at radius 2 is 2.30 bits per heavy atom. The van der Waals surface area contributed by atoms with Crippen LogP contribution in [0.5, 0.6) is 0 Å². The number of rotatable bonds is 1. The minimum absolute atomic E-state index is 0.132. The summed E-state index contributed by atoms with van der Waals surface area (Å²) in [7, 11) is 1.78. The fourth-order valence-corrected chi connectivity index (χ4v) is 1.32. The van der Waals surface area contributed by atoms with Crippen molar-refractivity contribution in [1.82, 2.24) is 5.32 Å². The highest BCUT2D eigenvalue weighted by molar-refractivity contribution is 5.88. The molecular weight excluding hydrogens is 130 g/mol. The molecule has 1 rings (SSSR count). The lowest BCUT2D eigenvalue weighted by atomic mass is 9.99. The SMILES string of the molecule is CNC1C(=O)COC1(C)C. The third kappa shape index (κ3) is 1.07. The number of nitrogens with one attached hydrogen (secondary N) is 1. The van der Waals surface area contributed by atoms with Crippen LogP contribution in [0.25, 0.3) is 0 Å². The van der Waals surface area contributed by atoms with Crippen molar-refractivity contribution in [3.63, 3.8) is 0 Å². The van der Waals surface area contributed by atoms with Gasteiger partial charge in [0.05, 0.1) is 11.6 Å². The first-order valence-corrected chi connectivity index (χ1v) is 3.42. The summed E-state index contributed by atoms with van der Waals surface area (Å²) in [6.45, 7) is 4.08. The van der Waals surface area contributed by atoms with Gasteiger partial charge in [0.25, 0.3) is 0 Å². The van der Waals surface area contributed by atoms with Crippen molar-refractivity contribution in [1.29, 1.82) is 0 Å². The molecule has 1 unspecified atom stereocenters. The van der Waals surface area contributed by atoms with Gasteiger partial charge in [0, 0.05) is 0 Å². The van der Waals surface area contributed by atoms with Crippen LogP contribution in [0.4, 0.5) is 0 Å². The summed E-state index contributed by atoms with van der Waals surface area (Å²) in [6.07, 6.45) is 0. The van der Waals surface area contributed by atoms with E-state index in [9.17, 15) is 4.79 Å². The van der Waals surface area contributed by atoms with Crippen molar-refractivity contribution in [2.24, 2.45) is 0 Å². The predicted molar refractivity (Wildman–Crippen MR) is 37.9 cm³/mol. The standard InChI is InChI=1S/C7H13NO2/c1-7(2)6(8-3)5(9)4-10-7/h6,8H,4H2,1-3H3. The van der Waals surface area contributed by atoms with E-state index in [0.717, 1.165) is 0 Å². The van der Waals surface area contributed by atoms with E-state index in [1.54, 1.807) is 7.05 Å². The minimum Gasteiger partial charge on any atom is -0.366 e. The fourth-order valence-electron chi connectivity index (χ4n) is 1.32. The molecule has 0 aromatic heterocycles. The minimum atomic E-state index is -0.328. The Balaban J connectivity index is 2.73. The molecule has 1 heterocycles. The number of likely N-dealkylation sites (N-methyl/N-ethyl adjacent to an activating group) is 1. The van der Waals surface area contributed by atoms with Crippen LogP contribution < -0.4 is 5.32 Å². The predicted octanol–water partition coefficient (Wildman–Crippen LogP) is -0.0477. The summed E-state index contributed by atoms with van der Waals surface area (Å²) < 4.78 is 5.24. The summed E-state index contributed by atoms with van der Waals surface area (Å²) in [6, 6.07) is -0.132. The lowest BCUT2D eigenvalue weighted by Gasteiger charge is -2.23. The van der Waals surface area contributed by atoms with E-state index in [-0.39, 0.29) is 24.0 Å². The summed E-state index contributed by atoms with van der Waals surface area (Å²) in [5.41, 5.74) is -0.328. The number of hydrogen-bond acceptors (Lipinski definition) is 3. The van der Waals surface area contributed by atoms with Gasteiger partial charge in [0.1, 0.15) is 6.61 Å². The van der Waals surface area contributed by atoms with Crippen LogP contribution in [0.3, 0.4) is 0 Å². The molecule has 0 aromatic rings. The average Bonchev–Trinajstić information content (AvgIpc) is 2.07. The van der Waals surface area contributed by atoms with Crippen molar-refractivity contribution < 1.29 is 9.53 Å². The maximum atomic E-state index is 11.0. The first-order chi connectivity index (χ1) is 4.58. The molecule has 3 heteroatoms. The Kier molecular flexibility index (Phi) is 1.79. The Bertz CT molecular complexity index is 154. The smallest absolute Gasteiger partial charge is 0.178 e. The van der Waals surface area contributed by atoms with Gasteiger partial charge in [0.2, 0.25) is 0 Å². The van der Waals surface area contributed by atoms with Gasteiger partial charge in [-0.2, -0.15) is 0 Å². The van der Waals surface area contributed by atoms with Crippen LogP contribution in [-0.2, 0) is 9.53 Å². The highest BCUT2D eigenvalue weighted by Gasteiger charge is 2.41. The van der Waals surface area contributed by atoms with Crippen LogP contribution in [0.1, 0.15) is 13.8 Å². The molecule has 0 radical (unpaired) electrons. The Labute approximate surface area is 60.7 Å². The first kappa shape index (κ1) is 7.69. The van der Waals surface area contributed by atoms with Gasteiger partial charge in [-0.1, -0.05) is 0 Å². The van der Waals surface area contributed by atoms with Gasteiger partial charge in [-0.25, -0.2) is 0 Å². The molecule has 0 bridgehead atoms. The number of ketones is 1. The summed E-state index contributed by atoms with van der Waals surface area (Å²) in [5.74, 6) is 0.146. The van der Waals surface area contributed by atoms with Gasteiger partial charge in [-0.05, 0) is 20.9 Å². The van der Waals surface area contributed by atoms with Gasteiger partial charge in [0.15, 0.2) is 5.78 Å². The molecule has 3 nitrogen and oxygen atoms in total. The van der Waals surface area contributed by atoms with Crippen molar-refractivity contribution in [2.75, 3.05) is 13.7 Å². The molecule has 1 atom stereocenters. The van der Waals surface area contributed by atoms with E-state index < -0.39 is 0 Å². The molecule has 1 aliphatic heterocycles. The third-order valence-electron chi connectivity index (χ3n) is 1.89. The van der Waals surface area contributed by atoms with Crippen LogP contribution in [0, 0.1) is 0 Å². The average molecular weight is 143 g/mol. The molecule has 1 aliphatic rings. The van der Waals surface area contributed by atoms with Gasteiger partial charge in [-0.15, -0.1) is 0 Å². The number of Topliss-reactive ketones (excluding diaryl/α,β-unsaturated/α-hetero) is 1. The summed E-state index contributed by atoms with van der Waals surface area (Å²) >= 11 is 0. The molecule has 1 N–H and O–H groups in total. The molecule has 0 amide bonds. The van der Waals surface area contributed by atoms with Crippen LogP contribution in [0.15, 0.2) is 0 Å². The monoisotopic (exact) mass is 143 g/mol. The maximum absolute atomic E-state index is 11.0. The largest absolute Gasteiger partial charge is 0.366 e. The molecule has 0 aliphatic carbocycles. The molecule has 0 aromatic carbocycles. The van der Waals surface area contributed by atoms with Gasteiger partial charge in [-0.3, -0.25) is 4.79 Å². The lowest BCUT2D eigenvalue weighted by Crippen LogP contribution is -2.45. The second-order valence-electron chi connectivity index (χ2n) is 3.08. The number of hydrogen-bond donors (Lipinski definition) is 1. The van der Waals surface area contributed by atoms with Crippen molar-refractivity contribution in [3.05, 3.63) is 0 Å². The van der Waals surface area contributed by atoms with E-state index in [1.165, 1.54) is 0 Å². The number of carbonyl (C=O) groups is 1. The van der Waals surface area contributed by atoms with Crippen molar-refractivity contribution in [3.8, 4) is 0 Å². The summed E-state index contributed by atoms with van der Waals surface area (Å²) in [4.78, 5) is 11.0. The van der Waals surface area contributed by atoms with Crippen LogP contribution in [-0.4, -0.2) is 31.1 Å².